The number of rotatable bonds is 4. The lowest BCUT2D eigenvalue weighted by molar-refractivity contribution is 1.11. The van der Waals surface area contributed by atoms with E-state index in [4.69, 9.17) is 0 Å². The van der Waals surface area contributed by atoms with E-state index >= 15 is 0 Å². The van der Waals surface area contributed by atoms with Gasteiger partial charge in [-0.1, -0.05) is 24.3 Å². The molecule has 0 saturated carbocycles. The number of H-pyrrole nitrogens is 2. The Balaban J connectivity index is 1.60. The highest BCUT2D eigenvalue weighted by Gasteiger charge is 2.04. The monoisotopic (exact) mass is 316 g/mol. The molecule has 4 aromatic rings. The van der Waals surface area contributed by atoms with E-state index in [1.165, 1.54) is 0 Å². The van der Waals surface area contributed by atoms with E-state index in [0.717, 1.165) is 33.4 Å². The smallest absolute Gasteiger partial charge is 0.323 e. The van der Waals surface area contributed by atoms with Crippen molar-refractivity contribution in [3.05, 3.63) is 83.0 Å². The maximum absolute atomic E-state index is 11.4. The molecule has 0 radical (unpaired) electrons. The van der Waals surface area contributed by atoms with Crippen molar-refractivity contribution in [1.29, 1.82) is 0 Å². The minimum atomic E-state index is -0.193. The van der Waals surface area contributed by atoms with Crippen LogP contribution >= 0.6 is 0 Å². The molecule has 2 aromatic carbocycles. The number of fused-ring (bicyclic) bond motifs is 1. The summed E-state index contributed by atoms with van der Waals surface area (Å²) in [6.07, 6.45) is 3.69. The van der Waals surface area contributed by atoms with Crippen molar-refractivity contribution in [3.8, 4) is 11.1 Å². The molecule has 0 atom stereocenters. The van der Waals surface area contributed by atoms with Gasteiger partial charge in [-0.2, -0.15) is 0 Å². The molecule has 0 fully saturated rings. The summed E-state index contributed by atoms with van der Waals surface area (Å²) in [5.41, 5.74) is 5.62. The molecule has 2 aromatic heterocycles. The molecule has 2 heterocycles. The molecule has 0 amide bonds. The molecule has 118 valence electrons. The minimum absolute atomic E-state index is 0.193. The second kappa shape index (κ2) is 6.04. The zero-order valence-electron chi connectivity index (χ0n) is 12.9. The van der Waals surface area contributed by atoms with Crippen LogP contribution in [-0.4, -0.2) is 15.0 Å². The Hall–Kier alpha value is -3.34. The van der Waals surface area contributed by atoms with Gasteiger partial charge in [0.25, 0.3) is 0 Å². The third kappa shape index (κ3) is 2.92. The summed E-state index contributed by atoms with van der Waals surface area (Å²) in [6.45, 7) is 0.702. The standard InChI is InChI=1S/C19H16N4O/c24-19-22-17-7-6-14(9-18(17)23-19)15-8-13(10-20-12-15)11-21-16-4-2-1-3-5-16/h1-10,12,21H,11H2,(H2,22,23,24). The summed E-state index contributed by atoms with van der Waals surface area (Å²) in [4.78, 5) is 21.3. The second-order valence-electron chi connectivity index (χ2n) is 5.64. The second-order valence-corrected chi connectivity index (χ2v) is 5.64. The maximum atomic E-state index is 11.4. The van der Waals surface area contributed by atoms with Gasteiger partial charge in [0.1, 0.15) is 0 Å². The fourth-order valence-corrected chi connectivity index (χ4v) is 2.71. The van der Waals surface area contributed by atoms with Gasteiger partial charge < -0.3 is 15.3 Å². The minimum Gasteiger partial charge on any atom is -0.381 e. The fraction of sp³-hybridized carbons (Fsp3) is 0.0526. The summed E-state index contributed by atoms with van der Waals surface area (Å²) in [6, 6.07) is 18.0. The van der Waals surface area contributed by atoms with E-state index in [1.807, 2.05) is 60.9 Å². The van der Waals surface area contributed by atoms with Crippen LogP contribution in [0.3, 0.4) is 0 Å². The van der Waals surface area contributed by atoms with Crippen LogP contribution in [0.15, 0.2) is 71.8 Å². The average Bonchev–Trinajstić information content (AvgIpc) is 3.00. The van der Waals surface area contributed by atoms with Gasteiger partial charge in [-0.05, 0) is 41.5 Å². The molecule has 5 heteroatoms. The molecule has 5 nitrogen and oxygen atoms in total. The van der Waals surface area contributed by atoms with Crippen LogP contribution in [0.25, 0.3) is 22.2 Å². The molecule has 0 spiro atoms. The molecule has 0 saturated heterocycles. The summed E-state index contributed by atoms with van der Waals surface area (Å²) < 4.78 is 0. The van der Waals surface area contributed by atoms with Crippen molar-refractivity contribution < 1.29 is 0 Å². The predicted octanol–water partition coefficient (Wildman–Crippen LogP) is 3.53. The Bertz CT molecular complexity index is 1030. The van der Waals surface area contributed by atoms with E-state index in [2.05, 4.69) is 26.3 Å². The molecule has 0 bridgehead atoms. The van der Waals surface area contributed by atoms with Gasteiger partial charge in [0.05, 0.1) is 11.0 Å². The molecule has 24 heavy (non-hydrogen) atoms. The van der Waals surface area contributed by atoms with Crippen LogP contribution in [0.1, 0.15) is 5.56 Å². The highest BCUT2D eigenvalue weighted by atomic mass is 16.1. The van der Waals surface area contributed by atoms with E-state index < -0.39 is 0 Å². The average molecular weight is 316 g/mol. The van der Waals surface area contributed by atoms with Crippen LogP contribution in [0.4, 0.5) is 5.69 Å². The van der Waals surface area contributed by atoms with Gasteiger partial charge in [0.2, 0.25) is 0 Å². The van der Waals surface area contributed by atoms with Crippen LogP contribution in [0.5, 0.6) is 0 Å². The number of hydrogen-bond acceptors (Lipinski definition) is 3. The molecule has 0 aliphatic heterocycles. The van der Waals surface area contributed by atoms with E-state index in [-0.39, 0.29) is 5.69 Å². The number of pyridine rings is 1. The van der Waals surface area contributed by atoms with Crippen LogP contribution in [0, 0.1) is 0 Å². The van der Waals surface area contributed by atoms with Gasteiger partial charge >= 0.3 is 5.69 Å². The molecule has 0 aliphatic rings. The van der Waals surface area contributed by atoms with Gasteiger partial charge in [0, 0.05) is 30.2 Å². The first kappa shape index (κ1) is 14.3. The lowest BCUT2D eigenvalue weighted by atomic mass is 10.1. The lowest BCUT2D eigenvalue weighted by Gasteiger charge is -2.08. The molecular weight excluding hydrogens is 300 g/mol. The van der Waals surface area contributed by atoms with Crippen LogP contribution in [-0.2, 0) is 6.54 Å². The van der Waals surface area contributed by atoms with Crippen LogP contribution < -0.4 is 11.0 Å². The van der Waals surface area contributed by atoms with Crippen molar-refractivity contribution in [2.24, 2.45) is 0 Å². The number of anilines is 1. The number of aromatic nitrogens is 3. The largest absolute Gasteiger partial charge is 0.381 e. The van der Waals surface area contributed by atoms with Gasteiger partial charge in [0.15, 0.2) is 0 Å². The Morgan fingerprint density at radius 3 is 2.58 bits per heavy atom. The Labute approximate surface area is 138 Å². The van der Waals surface area contributed by atoms with Crippen molar-refractivity contribution >= 4 is 16.7 Å². The first-order valence-electron chi connectivity index (χ1n) is 7.73. The predicted molar refractivity (Wildman–Crippen MR) is 95.9 cm³/mol. The number of nitrogens with one attached hydrogen (secondary N) is 3. The SMILES string of the molecule is O=c1[nH]c2ccc(-c3cncc(CNc4ccccc4)c3)cc2[nH]1. The first-order valence-corrected chi connectivity index (χ1v) is 7.73. The zero-order valence-corrected chi connectivity index (χ0v) is 12.9. The quantitative estimate of drug-likeness (QED) is 0.539. The molecule has 4 rings (SSSR count). The summed E-state index contributed by atoms with van der Waals surface area (Å²) in [5.74, 6) is 0. The molecule has 0 aliphatic carbocycles. The zero-order chi connectivity index (χ0) is 16.4. The summed E-state index contributed by atoms with van der Waals surface area (Å²) in [7, 11) is 0. The third-order valence-electron chi connectivity index (χ3n) is 3.91. The first-order chi connectivity index (χ1) is 11.8. The topological polar surface area (TPSA) is 73.6 Å². The van der Waals surface area contributed by atoms with E-state index in [1.54, 1.807) is 0 Å². The highest BCUT2D eigenvalue weighted by Crippen LogP contribution is 2.22. The molecule has 3 N–H and O–H groups in total. The highest BCUT2D eigenvalue weighted by molar-refractivity contribution is 5.81. The summed E-state index contributed by atoms with van der Waals surface area (Å²) in [5, 5.41) is 3.38. The number of imidazole rings is 1. The normalized spacial score (nSPS) is 10.8. The van der Waals surface area contributed by atoms with Gasteiger partial charge in [-0.25, -0.2) is 4.79 Å². The number of hydrogen-bond donors (Lipinski definition) is 3. The van der Waals surface area contributed by atoms with E-state index in [9.17, 15) is 4.79 Å². The Morgan fingerprint density at radius 1 is 0.875 bits per heavy atom. The maximum Gasteiger partial charge on any atom is 0.323 e. The number of nitrogens with zero attached hydrogens (tertiary/aromatic N) is 1. The van der Waals surface area contributed by atoms with Crippen molar-refractivity contribution in [2.45, 2.75) is 6.54 Å². The lowest BCUT2D eigenvalue weighted by Crippen LogP contribution is -1.99. The third-order valence-corrected chi connectivity index (χ3v) is 3.91. The van der Waals surface area contributed by atoms with Gasteiger partial charge in [-0.3, -0.25) is 4.98 Å². The van der Waals surface area contributed by atoms with E-state index in [0.29, 0.717) is 6.54 Å². The fourth-order valence-electron chi connectivity index (χ4n) is 2.71. The summed E-state index contributed by atoms with van der Waals surface area (Å²) >= 11 is 0. The molecular formula is C19H16N4O. The number of para-hydroxylation sites is 1. The number of aromatic amines is 2. The number of benzene rings is 2. The van der Waals surface area contributed by atoms with Crippen LogP contribution in [0.2, 0.25) is 0 Å². The van der Waals surface area contributed by atoms with Crippen molar-refractivity contribution in [1.82, 2.24) is 15.0 Å². The Kier molecular flexibility index (Phi) is 3.59. The molecule has 0 unspecified atom stereocenters. The van der Waals surface area contributed by atoms with Gasteiger partial charge in [-0.15, -0.1) is 0 Å². The van der Waals surface area contributed by atoms with Crippen molar-refractivity contribution in [2.75, 3.05) is 5.32 Å². The van der Waals surface area contributed by atoms with Crippen molar-refractivity contribution in [3.63, 3.8) is 0 Å². The Morgan fingerprint density at radius 2 is 1.71 bits per heavy atom.